The Labute approximate surface area is 129 Å². The van der Waals surface area contributed by atoms with Gasteiger partial charge in [-0.25, -0.2) is 0 Å². The van der Waals surface area contributed by atoms with Gasteiger partial charge in [-0.3, -0.25) is 4.79 Å². The van der Waals surface area contributed by atoms with Gasteiger partial charge in [0.25, 0.3) is 0 Å². The van der Waals surface area contributed by atoms with Crippen LogP contribution in [0.15, 0.2) is 54.6 Å². The summed E-state index contributed by atoms with van der Waals surface area (Å²) in [5.74, 6) is -0.145. The van der Waals surface area contributed by atoms with E-state index in [0.29, 0.717) is 5.02 Å². The number of nitrogens with one attached hydrogen (secondary N) is 1. The summed E-state index contributed by atoms with van der Waals surface area (Å²) in [6, 6.07) is 16.5. The maximum atomic E-state index is 11.9. The van der Waals surface area contributed by atoms with Crippen LogP contribution in [0.3, 0.4) is 0 Å². The molecule has 0 saturated carbocycles. The lowest BCUT2D eigenvalue weighted by atomic mass is 9.96. The second-order valence-electron chi connectivity index (χ2n) is 5.22. The van der Waals surface area contributed by atoms with E-state index in [-0.39, 0.29) is 18.9 Å². The lowest BCUT2D eigenvalue weighted by Gasteiger charge is -2.24. The van der Waals surface area contributed by atoms with E-state index in [1.807, 2.05) is 42.5 Å². The second-order valence-corrected chi connectivity index (χ2v) is 5.66. The van der Waals surface area contributed by atoms with Gasteiger partial charge in [0.2, 0.25) is 5.91 Å². The van der Waals surface area contributed by atoms with Gasteiger partial charge in [0.05, 0.1) is 13.0 Å². The summed E-state index contributed by atoms with van der Waals surface area (Å²) in [6.07, 6.45) is 0.241. The molecule has 2 aromatic rings. The van der Waals surface area contributed by atoms with Gasteiger partial charge in [0, 0.05) is 5.02 Å². The van der Waals surface area contributed by atoms with E-state index in [2.05, 4.69) is 5.32 Å². The Morgan fingerprint density at radius 3 is 2.57 bits per heavy atom. The van der Waals surface area contributed by atoms with E-state index < -0.39 is 5.60 Å². The number of halogens is 1. The number of aliphatic hydroxyl groups is 1. The molecule has 0 aromatic heterocycles. The molecule has 0 heterocycles. The summed E-state index contributed by atoms with van der Waals surface area (Å²) in [5.41, 5.74) is 0.526. The quantitative estimate of drug-likeness (QED) is 0.892. The molecule has 2 N–H and O–H groups in total. The van der Waals surface area contributed by atoms with Crippen molar-refractivity contribution in [2.45, 2.75) is 18.9 Å². The highest BCUT2D eigenvalue weighted by atomic mass is 35.5. The minimum atomic E-state index is -1.09. The zero-order valence-corrected chi connectivity index (χ0v) is 12.6. The molecule has 0 fully saturated rings. The van der Waals surface area contributed by atoms with E-state index >= 15 is 0 Å². The predicted molar refractivity (Wildman–Crippen MR) is 84.2 cm³/mol. The number of hydrogen-bond acceptors (Lipinski definition) is 2. The molecular weight excluding hydrogens is 286 g/mol. The minimum Gasteiger partial charge on any atom is -0.384 e. The van der Waals surface area contributed by atoms with Crippen molar-refractivity contribution in [2.24, 2.45) is 0 Å². The normalized spacial score (nSPS) is 13.5. The van der Waals surface area contributed by atoms with Crippen LogP contribution < -0.4 is 5.32 Å². The summed E-state index contributed by atoms with van der Waals surface area (Å²) >= 11 is 5.89. The topological polar surface area (TPSA) is 49.3 Å². The summed E-state index contributed by atoms with van der Waals surface area (Å²) < 4.78 is 0. The first-order valence-electron chi connectivity index (χ1n) is 6.76. The number of rotatable bonds is 5. The first-order chi connectivity index (χ1) is 9.97. The van der Waals surface area contributed by atoms with Crippen LogP contribution in [0.1, 0.15) is 18.1 Å². The highest BCUT2D eigenvalue weighted by Gasteiger charge is 2.23. The maximum Gasteiger partial charge on any atom is 0.224 e. The van der Waals surface area contributed by atoms with Crippen LogP contribution in [0.5, 0.6) is 0 Å². The molecule has 3 nitrogen and oxygen atoms in total. The van der Waals surface area contributed by atoms with Crippen molar-refractivity contribution < 1.29 is 9.90 Å². The Morgan fingerprint density at radius 2 is 1.90 bits per heavy atom. The van der Waals surface area contributed by atoms with Crippen LogP contribution in [-0.2, 0) is 16.8 Å². The number of benzene rings is 2. The molecule has 21 heavy (non-hydrogen) atoms. The van der Waals surface area contributed by atoms with Gasteiger partial charge >= 0.3 is 0 Å². The monoisotopic (exact) mass is 303 g/mol. The predicted octanol–water partition coefficient (Wildman–Crippen LogP) is 2.91. The molecule has 110 valence electrons. The fourth-order valence-corrected chi connectivity index (χ4v) is 2.28. The Hall–Kier alpha value is -1.84. The molecular formula is C17H18ClNO2. The van der Waals surface area contributed by atoms with Gasteiger partial charge in [-0.15, -0.1) is 0 Å². The molecule has 0 radical (unpaired) electrons. The van der Waals surface area contributed by atoms with Crippen molar-refractivity contribution in [1.82, 2.24) is 5.32 Å². The third-order valence-corrected chi connectivity index (χ3v) is 3.51. The van der Waals surface area contributed by atoms with E-state index in [1.165, 1.54) is 0 Å². The van der Waals surface area contributed by atoms with Gasteiger partial charge in [-0.05, 0) is 30.2 Å². The molecule has 0 aliphatic rings. The van der Waals surface area contributed by atoms with Crippen LogP contribution in [-0.4, -0.2) is 17.6 Å². The highest BCUT2D eigenvalue weighted by molar-refractivity contribution is 6.30. The van der Waals surface area contributed by atoms with Crippen LogP contribution >= 0.6 is 11.6 Å². The minimum absolute atomic E-state index is 0.145. The molecule has 1 amide bonds. The third kappa shape index (κ3) is 4.59. The van der Waals surface area contributed by atoms with E-state index in [0.717, 1.165) is 11.1 Å². The lowest BCUT2D eigenvalue weighted by Crippen LogP contribution is -2.39. The molecule has 0 aliphatic heterocycles. The van der Waals surface area contributed by atoms with E-state index in [9.17, 15) is 9.90 Å². The van der Waals surface area contributed by atoms with Gasteiger partial charge in [0.1, 0.15) is 5.60 Å². The molecule has 0 aliphatic carbocycles. The Morgan fingerprint density at radius 1 is 1.19 bits per heavy atom. The molecule has 1 unspecified atom stereocenters. The van der Waals surface area contributed by atoms with Gasteiger partial charge in [0.15, 0.2) is 0 Å². The standard InChI is InChI=1S/C17H18ClNO2/c1-17(21,14-7-3-2-4-8-14)12-19-16(20)11-13-6-5-9-15(18)10-13/h2-10,21H,11-12H2,1H3,(H,19,20). The number of carbonyl (C=O) groups excluding carboxylic acids is 1. The van der Waals surface area contributed by atoms with Crippen LogP contribution in [0.4, 0.5) is 0 Å². The zero-order valence-electron chi connectivity index (χ0n) is 11.8. The van der Waals surface area contributed by atoms with Crippen LogP contribution in [0, 0.1) is 0 Å². The highest BCUT2D eigenvalue weighted by Crippen LogP contribution is 2.19. The number of carbonyl (C=O) groups is 1. The maximum absolute atomic E-state index is 11.9. The molecule has 4 heteroatoms. The first-order valence-corrected chi connectivity index (χ1v) is 7.14. The van der Waals surface area contributed by atoms with Crippen molar-refractivity contribution >= 4 is 17.5 Å². The Kier molecular flexibility index (Phi) is 4.99. The Bertz CT molecular complexity index is 611. The largest absolute Gasteiger partial charge is 0.384 e. The SMILES string of the molecule is CC(O)(CNC(=O)Cc1cccc(Cl)c1)c1ccccc1. The molecule has 0 saturated heterocycles. The van der Waals surface area contributed by atoms with Crippen molar-refractivity contribution in [3.8, 4) is 0 Å². The summed E-state index contributed by atoms with van der Waals surface area (Å²) in [7, 11) is 0. The smallest absolute Gasteiger partial charge is 0.224 e. The number of hydrogen-bond donors (Lipinski definition) is 2. The molecule has 2 rings (SSSR count). The van der Waals surface area contributed by atoms with Crippen molar-refractivity contribution in [3.63, 3.8) is 0 Å². The Balaban J connectivity index is 1.92. The van der Waals surface area contributed by atoms with Crippen molar-refractivity contribution in [1.29, 1.82) is 0 Å². The van der Waals surface area contributed by atoms with Gasteiger partial charge < -0.3 is 10.4 Å². The van der Waals surface area contributed by atoms with Gasteiger partial charge in [-0.1, -0.05) is 54.1 Å². The second kappa shape index (κ2) is 6.74. The first kappa shape index (κ1) is 15.5. The van der Waals surface area contributed by atoms with Crippen LogP contribution in [0.2, 0.25) is 5.02 Å². The lowest BCUT2D eigenvalue weighted by molar-refractivity contribution is -0.121. The van der Waals surface area contributed by atoms with Crippen molar-refractivity contribution in [2.75, 3.05) is 6.54 Å². The molecule has 0 spiro atoms. The third-order valence-electron chi connectivity index (χ3n) is 3.28. The summed E-state index contributed by atoms with van der Waals surface area (Å²) in [6.45, 7) is 1.85. The summed E-state index contributed by atoms with van der Waals surface area (Å²) in [5, 5.41) is 13.8. The molecule has 1 atom stereocenters. The zero-order chi connectivity index (χ0) is 15.3. The average molecular weight is 304 g/mol. The fourth-order valence-electron chi connectivity index (χ4n) is 2.06. The van der Waals surface area contributed by atoms with Crippen molar-refractivity contribution in [3.05, 3.63) is 70.7 Å². The fraction of sp³-hybridized carbons (Fsp3) is 0.235. The van der Waals surface area contributed by atoms with E-state index in [1.54, 1.807) is 19.1 Å². The summed E-state index contributed by atoms with van der Waals surface area (Å²) in [4.78, 5) is 11.9. The van der Waals surface area contributed by atoms with E-state index in [4.69, 9.17) is 11.6 Å². The molecule has 2 aromatic carbocycles. The average Bonchev–Trinajstić information content (AvgIpc) is 2.46. The van der Waals surface area contributed by atoms with Gasteiger partial charge in [-0.2, -0.15) is 0 Å². The number of amides is 1. The molecule has 0 bridgehead atoms. The van der Waals surface area contributed by atoms with Crippen LogP contribution in [0.25, 0.3) is 0 Å².